The van der Waals surface area contributed by atoms with E-state index in [1.807, 2.05) is 17.0 Å². The fourth-order valence-electron chi connectivity index (χ4n) is 2.86. The van der Waals surface area contributed by atoms with E-state index >= 15 is 0 Å². The Balaban J connectivity index is 2.00. The minimum Gasteiger partial charge on any atom is -0.339 e. The molecule has 0 bridgehead atoms. The van der Waals surface area contributed by atoms with Crippen LogP contribution in [0.25, 0.3) is 0 Å². The summed E-state index contributed by atoms with van der Waals surface area (Å²) in [5.41, 5.74) is 0.932. The van der Waals surface area contributed by atoms with Crippen LogP contribution < -0.4 is 0 Å². The molecular formula is C16H22ClNO3S. The molecule has 122 valence electrons. The number of nitrogens with zero attached hydrogens (tertiary/aromatic N) is 1. The van der Waals surface area contributed by atoms with Crippen molar-refractivity contribution in [2.45, 2.75) is 38.1 Å². The molecule has 1 aromatic carbocycles. The Labute approximate surface area is 137 Å². The largest absolute Gasteiger partial charge is 0.339 e. The smallest absolute Gasteiger partial charge is 0.227 e. The quantitative estimate of drug-likeness (QED) is 0.826. The van der Waals surface area contributed by atoms with Crippen molar-refractivity contribution in [2.75, 3.05) is 18.6 Å². The summed E-state index contributed by atoms with van der Waals surface area (Å²) in [5.74, 6) is 0.211. The SMILES string of the molecule is CS(=O)(=O)CCC1CCCCN1C(=O)Cc1ccc(Cl)cc1. The van der Waals surface area contributed by atoms with E-state index in [-0.39, 0.29) is 17.7 Å². The Bertz CT molecular complexity index is 613. The molecule has 1 fully saturated rings. The lowest BCUT2D eigenvalue weighted by atomic mass is 9.99. The maximum absolute atomic E-state index is 12.5. The van der Waals surface area contributed by atoms with Crippen LogP contribution in [0.1, 0.15) is 31.2 Å². The van der Waals surface area contributed by atoms with Crippen molar-refractivity contribution < 1.29 is 13.2 Å². The topological polar surface area (TPSA) is 54.5 Å². The van der Waals surface area contributed by atoms with Gasteiger partial charge in [0.05, 0.1) is 12.2 Å². The number of carbonyl (C=O) groups is 1. The van der Waals surface area contributed by atoms with Crippen molar-refractivity contribution >= 4 is 27.3 Å². The third-order valence-electron chi connectivity index (χ3n) is 4.04. The molecule has 2 rings (SSSR count). The normalized spacial score (nSPS) is 19.2. The minimum absolute atomic E-state index is 0.0447. The molecular weight excluding hydrogens is 322 g/mol. The van der Waals surface area contributed by atoms with Gasteiger partial charge in [-0.05, 0) is 43.4 Å². The van der Waals surface area contributed by atoms with Gasteiger partial charge >= 0.3 is 0 Å². The summed E-state index contributed by atoms with van der Waals surface area (Å²) in [4.78, 5) is 14.4. The van der Waals surface area contributed by atoms with E-state index in [0.29, 0.717) is 17.9 Å². The van der Waals surface area contributed by atoms with E-state index in [9.17, 15) is 13.2 Å². The van der Waals surface area contributed by atoms with Gasteiger partial charge in [0.2, 0.25) is 5.91 Å². The number of halogens is 1. The number of rotatable bonds is 5. The molecule has 22 heavy (non-hydrogen) atoms. The first kappa shape index (κ1) is 17.3. The summed E-state index contributed by atoms with van der Waals surface area (Å²) in [5, 5.41) is 0.653. The highest BCUT2D eigenvalue weighted by atomic mass is 35.5. The first-order valence-corrected chi connectivity index (χ1v) is 10.0. The number of likely N-dealkylation sites (tertiary alicyclic amines) is 1. The number of hydrogen-bond acceptors (Lipinski definition) is 3. The fraction of sp³-hybridized carbons (Fsp3) is 0.562. The molecule has 1 aromatic rings. The number of amides is 1. The second-order valence-corrected chi connectivity index (χ2v) is 8.65. The predicted octanol–water partition coefficient (Wildman–Crippen LogP) is 2.70. The molecule has 0 aromatic heterocycles. The molecule has 1 amide bonds. The molecule has 0 spiro atoms. The Morgan fingerprint density at radius 1 is 1.27 bits per heavy atom. The molecule has 0 saturated carbocycles. The molecule has 1 aliphatic rings. The van der Waals surface area contributed by atoms with E-state index in [1.54, 1.807) is 12.1 Å². The van der Waals surface area contributed by atoms with Gasteiger partial charge in [0.1, 0.15) is 9.84 Å². The maximum Gasteiger partial charge on any atom is 0.227 e. The number of hydrogen-bond donors (Lipinski definition) is 0. The lowest BCUT2D eigenvalue weighted by molar-refractivity contribution is -0.134. The molecule has 0 N–H and O–H groups in total. The van der Waals surface area contributed by atoms with Crippen molar-refractivity contribution in [3.63, 3.8) is 0 Å². The van der Waals surface area contributed by atoms with Gasteiger partial charge in [0.25, 0.3) is 0 Å². The zero-order valence-electron chi connectivity index (χ0n) is 12.8. The van der Waals surface area contributed by atoms with Crippen LogP contribution in [0.5, 0.6) is 0 Å². The monoisotopic (exact) mass is 343 g/mol. The van der Waals surface area contributed by atoms with E-state index in [0.717, 1.165) is 31.4 Å². The van der Waals surface area contributed by atoms with E-state index < -0.39 is 9.84 Å². The molecule has 1 atom stereocenters. The fourth-order valence-corrected chi connectivity index (χ4v) is 3.68. The van der Waals surface area contributed by atoms with Crippen molar-refractivity contribution in [3.8, 4) is 0 Å². The van der Waals surface area contributed by atoms with Gasteiger partial charge in [-0.15, -0.1) is 0 Å². The Kier molecular flexibility index (Phi) is 5.87. The number of carbonyl (C=O) groups excluding carboxylic acids is 1. The summed E-state index contributed by atoms with van der Waals surface area (Å²) < 4.78 is 22.7. The van der Waals surface area contributed by atoms with Gasteiger partial charge in [-0.2, -0.15) is 0 Å². The Morgan fingerprint density at radius 2 is 1.95 bits per heavy atom. The maximum atomic E-state index is 12.5. The van der Waals surface area contributed by atoms with Crippen LogP contribution in [-0.4, -0.2) is 43.8 Å². The molecule has 6 heteroatoms. The third kappa shape index (κ3) is 5.29. The first-order chi connectivity index (χ1) is 10.3. The predicted molar refractivity (Wildman–Crippen MR) is 88.8 cm³/mol. The van der Waals surface area contributed by atoms with Crippen LogP contribution in [0.15, 0.2) is 24.3 Å². The zero-order chi connectivity index (χ0) is 16.2. The first-order valence-electron chi connectivity index (χ1n) is 7.57. The second kappa shape index (κ2) is 7.47. The van der Waals surface area contributed by atoms with Crippen LogP contribution in [0.4, 0.5) is 0 Å². The average molecular weight is 344 g/mol. The van der Waals surface area contributed by atoms with Crippen LogP contribution in [0.3, 0.4) is 0 Å². The van der Waals surface area contributed by atoms with Crippen LogP contribution >= 0.6 is 11.6 Å². The van der Waals surface area contributed by atoms with Crippen molar-refractivity contribution in [1.29, 1.82) is 0 Å². The second-order valence-electron chi connectivity index (χ2n) is 5.96. The van der Waals surface area contributed by atoms with Crippen LogP contribution in [0, 0.1) is 0 Å². The third-order valence-corrected chi connectivity index (χ3v) is 5.27. The summed E-state index contributed by atoms with van der Waals surface area (Å²) in [6.45, 7) is 0.723. The lowest BCUT2D eigenvalue weighted by Gasteiger charge is -2.36. The van der Waals surface area contributed by atoms with Crippen molar-refractivity contribution in [1.82, 2.24) is 4.90 Å². The minimum atomic E-state index is -2.99. The van der Waals surface area contributed by atoms with Gasteiger partial charge < -0.3 is 4.90 Å². The molecule has 4 nitrogen and oxygen atoms in total. The van der Waals surface area contributed by atoms with Crippen molar-refractivity contribution in [3.05, 3.63) is 34.9 Å². The highest BCUT2D eigenvalue weighted by molar-refractivity contribution is 7.90. The Morgan fingerprint density at radius 3 is 2.59 bits per heavy atom. The lowest BCUT2D eigenvalue weighted by Crippen LogP contribution is -2.45. The summed E-state index contributed by atoms with van der Waals surface area (Å²) in [6, 6.07) is 7.32. The van der Waals surface area contributed by atoms with Gasteiger partial charge in [-0.1, -0.05) is 23.7 Å². The highest BCUT2D eigenvalue weighted by Gasteiger charge is 2.27. The van der Waals surface area contributed by atoms with Gasteiger partial charge in [0.15, 0.2) is 0 Å². The number of piperidine rings is 1. The molecule has 0 aliphatic carbocycles. The summed E-state index contributed by atoms with van der Waals surface area (Å²) >= 11 is 5.85. The standard InChI is InChI=1S/C16H22ClNO3S/c1-22(20,21)11-9-15-4-2-3-10-18(15)16(19)12-13-5-7-14(17)8-6-13/h5-8,15H,2-4,9-12H2,1H3. The Hall–Kier alpha value is -1.07. The number of sulfone groups is 1. The highest BCUT2D eigenvalue weighted by Crippen LogP contribution is 2.21. The summed E-state index contributed by atoms with van der Waals surface area (Å²) in [6.07, 6.45) is 5.05. The van der Waals surface area contributed by atoms with Crippen molar-refractivity contribution in [2.24, 2.45) is 0 Å². The molecule has 0 radical (unpaired) electrons. The van der Waals surface area contributed by atoms with E-state index in [4.69, 9.17) is 11.6 Å². The molecule has 1 heterocycles. The molecule has 1 unspecified atom stereocenters. The van der Waals surface area contributed by atoms with Crippen LogP contribution in [0.2, 0.25) is 5.02 Å². The number of benzene rings is 1. The summed E-state index contributed by atoms with van der Waals surface area (Å²) in [7, 11) is -2.99. The van der Waals surface area contributed by atoms with Gasteiger partial charge in [-0.3, -0.25) is 4.79 Å². The van der Waals surface area contributed by atoms with Gasteiger partial charge in [-0.25, -0.2) is 8.42 Å². The van der Waals surface area contributed by atoms with Crippen LogP contribution in [-0.2, 0) is 21.1 Å². The molecule has 1 aliphatic heterocycles. The zero-order valence-corrected chi connectivity index (χ0v) is 14.4. The van der Waals surface area contributed by atoms with E-state index in [2.05, 4.69) is 0 Å². The average Bonchev–Trinajstić information content (AvgIpc) is 2.47. The van der Waals surface area contributed by atoms with Gasteiger partial charge in [0, 0.05) is 23.9 Å². The molecule has 1 saturated heterocycles. The van der Waals surface area contributed by atoms with E-state index in [1.165, 1.54) is 6.26 Å².